The van der Waals surface area contributed by atoms with Crippen molar-refractivity contribution in [3.63, 3.8) is 0 Å². The molecule has 1 fully saturated rings. The van der Waals surface area contributed by atoms with Crippen LogP contribution < -0.4 is 9.47 Å². The molecule has 1 aliphatic heterocycles. The Morgan fingerprint density at radius 1 is 1.06 bits per heavy atom. The summed E-state index contributed by atoms with van der Waals surface area (Å²) in [7, 11) is 1.36. The normalized spacial score (nSPS) is 15.2. The number of ether oxygens (including phenoxy) is 2. The number of nitrogens with zero attached hydrogens (tertiary/aromatic N) is 4. The molecular weight excluding hydrogens is 461 g/mol. The van der Waals surface area contributed by atoms with E-state index in [1.165, 1.54) is 25.3 Å². The predicted octanol–water partition coefficient (Wildman–Crippen LogP) is 4.46. The van der Waals surface area contributed by atoms with Gasteiger partial charge in [0.1, 0.15) is 5.82 Å². The predicted molar refractivity (Wildman–Crippen MR) is 115 cm³/mol. The fourth-order valence-corrected chi connectivity index (χ4v) is 3.86. The van der Waals surface area contributed by atoms with Crippen LogP contribution in [0.15, 0.2) is 40.9 Å². The highest BCUT2D eigenvalue weighted by molar-refractivity contribution is 6.31. The number of rotatable bonds is 8. The Morgan fingerprint density at radius 2 is 1.79 bits per heavy atom. The van der Waals surface area contributed by atoms with Gasteiger partial charge in [-0.05, 0) is 30.3 Å². The van der Waals surface area contributed by atoms with Crippen molar-refractivity contribution >= 4 is 11.6 Å². The van der Waals surface area contributed by atoms with E-state index in [2.05, 4.69) is 24.7 Å². The average Bonchev–Trinajstić information content (AvgIpc) is 3.26. The van der Waals surface area contributed by atoms with Gasteiger partial charge < -0.3 is 14.0 Å². The number of aromatic nitrogens is 2. The molecule has 11 heteroatoms. The smallest absolute Gasteiger partial charge is 0.387 e. The number of piperazine rings is 1. The van der Waals surface area contributed by atoms with Crippen molar-refractivity contribution in [2.75, 3.05) is 33.3 Å². The zero-order chi connectivity index (χ0) is 23.4. The highest BCUT2D eigenvalue weighted by atomic mass is 35.5. The minimum Gasteiger partial charge on any atom is -0.493 e. The molecule has 0 spiro atoms. The molecule has 33 heavy (non-hydrogen) atoms. The molecule has 1 saturated heterocycles. The SMILES string of the molecule is COc1cc(-c2noc(CN3CCN(Cc4c(F)cccc4Cl)CC3)n2)ccc1OC(F)F. The zero-order valence-corrected chi connectivity index (χ0v) is 18.6. The van der Waals surface area contributed by atoms with Crippen LogP contribution in [0.2, 0.25) is 5.02 Å². The molecule has 0 radical (unpaired) electrons. The van der Waals surface area contributed by atoms with Crippen LogP contribution in [0.5, 0.6) is 11.5 Å². The Morgan fingerprint density at radius 3 is 2.45 bits per heavy atom. The summed E-state index contributed by atoms with van der Waals surface area (Å²) in [5, 5.41) is 4.42. The monoisotopic (exact) mass is 482 g/mol. The number of halogens is 4. The maximum atomic E-state index is 14.0. The second-order valence-electron chi connectivity index (χ2n) is 7.51. The number of hydrogen-bond donors (Lipinski definition) is 0. The quantitative estimate of drug-likeness (QED) is 0.470. The minimum atomic E-state index is -2.95. The Kier molecular flexibility index (Phi) is 7.36. The summed E-state index contributed by atoms with van der Waals surface area (Å²) in [5.74, 6) is 0.524. The van der Waals surface area contributed by atoms with E-state index in [-0.39, 0.29) is 17.3 Å². The van der Waals surface area contributed by atoms with Crippen molar-refractivity contribution in [1.82, 2.24) is 19.9 Å². The van der Waals surface area contributed by atoms with Gasteiger partial charge in [0.25, 0.3) is 0 Å². The number of benzene rings is 2. The fraction of sp³-hybridized carbons (Fsp3) is 0.364. The molecule has 1 aliphatic rings. The van der Waals surface area contributed by atoms with Crippen molar-refractivity contribution in [1.29, 1.82) is 0 Å². The molecular formula is C22H22ClF3N4O3. The van der Waals surface area contributed by atoms with Gasteiger partial charge in [0, 0.05) is 48.9 Å². The van der Waals surface area contributed by atoms with Crippen LogP contribution in [0.3, 0.4) is 0 Å². The van der Waals surface area contributed by atoms with Crippen LogP contribution in [0.1, 0.15) is 11.5 Å². The summed E-state index contributed by atoms with van der Waals surface area (Å²) >= 11 is 6.13. The van der Waals surface area contributed by atoms with Crippen LogP contribution in [0.4, 0.5) is 13.2 Å². The van der Waals surface area contributed by atoms with Gasteiger partial charge in [0.15, 0.2) is 11.5 Å². The summed E-state index contributed by atoms with van der Waals surface area (Å²) in [6.45, 7) is 0.949. The molecule has 0 unspecified atom stereocenters. The molecule has 3 aromatic rings. The summed E-state index contributed by atoms with van der Waals surface area (Å²) in [6.07, 6.45) is 0. The Hall–Kier alpha value is -2.82. The first-order chi connectivity index (χ1) is 15.9. The molecule has 0 N–H and O–H groups in total. The molecule has 0 saturated carbocycles. The highest BCUT2D eigenvalue weighted by Gasteiger charge is 2.22. The third-order valence-electron chi connectivity index (χ3n) is 5.37. The number of methoxy groups -OCH3 is 1. The Bertz CT molecular complexity index is 1070. The number of alkyl halides is 2. The third-order valence-corrected chi connectivity index (χ3v) is 5.73. The molecule has 0 atom stereocenters. The van der Waals surface area contributed by atoms with Gasteiger partial charge in [-0.1, -0.05) is 22.8 Å². The van der Waals surface area contributed by atoms with E-state index in [0.29, 0.717) is 41.0 Å². The van der Waals surface area contributed by atoms with Gasteiger partial charge in [-0.25, -0.2) is 4.39 Å². The molecule has 0 bridgehead atoms. The first-order valence-corrected chi connectivity index (χ1v) is 10.6. The van der Waals surface area contributed by atoms with E-state index in [0.717, 1.165) is 26.2 Å². The Labute approximate surface area is 193 Å². The minimum absolute atomic E-state index is 0.0745. The van der Waals surface area contributed by atoms with Crippen molar-refractivity contribution in [2.45, 2.75) is 19.7 Å². The standard InChI is InChI=1S/C22H22ClF3N4O3/c1-31-19-11-14(5-6-18(19)32-22(25)26)21-27-20(33-28-21)13-30-9-7-29(8-10-30)12-15-16(23)3-2-4-17(15)24/h2-6,11,22H,7-10,12-13H2,1H3. The maximum Gasteiger partial charge on any atom is 0.387 e. The molecule has 176 valence electrons. The van der Waals surface area contributed by atoms with Gasteiger partial charge in [0.05, 0.1) is 13.7 Å². The van der Waals surface area contributed by atoms with Gasteiger partial charge >= 0.3 is 6.61 Å². The zero-order valence-electron chi connectivity index (χ0n) is 17.8. The third kappa shape index (κ3) is 5.76. The summed E-state index contributed by atoms with van der Waals surface area (Å²) < 4.78 is 54.0. The lowest BCUT2D eigenvalue weighted by atomic mass is 10.2. The molecule has 1 aromatic heterocycles. The largest absolute Gasteiger partial charge is 0.493 e. The summed E-state index contributed by atoms with van der Waals surface area (Å²) in [5.41, 5.74) is 1.06. The molecule has 4 rings (SSSR count). The van der Waals surface area contributed by atoms with Gasteiger partial charge in [0.2, 0.25) is 11.7 Å². The van der Waals surface area contributed by atoms with E-state index >= 15 is 0 Å². The van der Waals surface area contributed by atoms with Crippen LogP contribution in [-0.2, 0) is 13.1 Å². The van der Waals surface area contributed by atoms with E-state index in [4.69, 9.17) is 20.9 Å². The van der Waals surface area contributed by atoms with Crippen molar-refractivity contribution < 1.29 is 27.2 Å². The summed E-state index contributed by atoms with van der Waals surface area (Å²) in [4.78, 5) is 8.72. The first-order valence-electron chi connectivity index (χ1n) is 10.3. The van der Waals surface area contributed by atoms with Gasteiger partial charge in [-0.3, -0.25) is 9.80 Å². The lowest BCUT2D eigenvalue weighted by Gasteiger charge is -2.34. The maximum absolute atomic E-state index is 14.0. The lowest BCUT2D eigenvalue weighted by Crippen LogP contribution is -2.45. The van der Waals surface area contributed by atoms with Crippen molar-refractivity contribution in [3.05, 3.63) is 58.7 Å². The van der Waals surface area contributed by atoms with Crippen LogP contribution >= 0.6 is 11.6 Å². The second-order valence-corrected chi connectivity index (χ2v) is 7.92. The van der Waals surface area contributed by atoms with E-state index < -0.39 is 6.61 Å². The first kappa shape index (κ1) is 23.3. The molecule has 2 aromatic carbocycles. The van der Waals surface area contributed by atoms with Crippen molar-refractivity contribution in [3.8, 4) is 22.9 Å². The molecule has 7 nitrogen and oxygen atoms in total. The van der Waals surface area contributed by atoms with E-state index in [9.17, 15) is 13.2 Å². The van der Waals surface area contributed by atoms with Gasteiger partial charge in [-0.2, -0.15) is 13.8 Å². The van der Waals surface area contributed by atoms with Gasteiger partial charge in [-0.15, -0.1) is 0 Å². The second kappa shape index (κ2) is 10.4. The lowest BCUT2D eigenvalue weighted by molar-refractivity contribution is -0.0512. The molecule has 0 aliphatic carbocycles. The molecule has 2 heterocycles. The van der Waals surface area contributed by atoms with Crippen LogP contribution in [0.25, 0.3) is 11.4 Å². The summed E-state index contributed by atoms with van der Waals surface area (Å²) in [6, 6.07) is 9.15. The van der Waals surface area contributed by atoms with E-state index in [1.54, 1.807) is 18.2 Å². The highest BCUT2D eigenvalue weighted by Crippen LogP contribution is 2.32. The van der Waals surface area contributed by atoms with Crippen LogP contribution in [0, 0.1) is 5.82 Å². The fourth-order valence-electron chi connectivity index (χ4n) is 3.64. The van der Waals surface area contributed by atoms with Crippen molar-refractivity contribution in [2.24, 2.45) is 0 Å². The topological polar surface area (TPSA) is 63.9 Å². The average molecular weight is 483 g/mol. The van der Waals surface area contributed by atoms with Crippen LogP contribution in [-0.4, -0.2) is 59.8 Å². The van der Waals surface area contributed by atoms with E-state index in [1.807, 2.05) is 0 Å². The Balaban J connectivity index is 1.34. The number of hydrogen-bond acceptors (Lipinski definition) is 7. The molecule has 0 amide bonds.